The van der Waals surface area contributed by atoms with E-state index in [1.807, 2.05) is 26.0 Å². The summed E-state index contributed by atoms with van der Waals surface area (Å²) in [5, 5.41) is 2.91. The summed E-state index contributed by atoms with van der Waals surface area (Å²) in [6.07, 6.45) is 3.19. The van der Waals surface area contributed by atoms with Crippen LogP contribution < -0.4 is 14.4 Å². The van der Waals surface area contributed by atoms with Gasteiger partial charge in [-0.3, -0.25) is 13.9 Å². The Kier molecular flexibility index (Phi) is 11.0. The number of sulfonamides is 1. The number of nitrogens with one attached hydrogen (secondary N) is 1. The minimum absolute atomic E-state index is 0.128. The van der Waals surface area contributed by atoms with Crippen molar-refractivity contribution in [1.82, 2.24) is 10.2 Å². The van der Waals surface area contributed by atoms with Crippen LogP contribution in [0.4, 0.5) is 5.69 Å². The molecule has 0 spiro atoms. The van der Waals surface area contributed by atoms with Crippen LogP contribution in [0.2, 0.25) is 0 Å². The molecule has 0 saturated heterocycles. The first-order valence-corrected chi connectivity index (χ1v) is 14.2. The van der Waals surface area contributed by atoms with Crippen molar-refractivity contribution in [1.29, 1.82) is 0 Å². The molecular weight excluding hydrogens is 534 g/mol. The van der Waals surface area contributed by atoms with Gasteiger partial charge in [0.1, 0.15) is 18.3 Å². The minimum atomic E-state index is -3.79. The monoisotopic (exact) mass is 567 g/mol. The number of anilines is 1. The highest BCUT2D eigenvalue weighted by molar-refractivity contribution is 9.10. The smallest absolute Gasteiger partial charge is 0.244 e. The van der Waals surface area contributed by atoms with E-state index in [-0.39, 0.29) is 12.5 Å². The van der Waals surface area contributed by atoms with Crippen molar-refractivity contribution in [3.8, 4) is 5.75 Å². The van der Waals surface area contributed by atoms with E-state index in [1.165, 1.54) is 4.90 Å². The Morgan fingerprint density at radius 1 is 1.11 bits per heavy atom. The predicted octanol–water partition coefficient (Wildman–Crippen LogP) is 3.95. The van der Waals surface area contributed by atoms with Crippen LogP contribution in [0.5, 0.6) is 5.75 Å². The summed E-state index contributed by atoms with van der Waals surface area (Å²) >= 11 is 3.38. The van der Waals surface area contributed by atoms with Crippen molar-refractivity contribution < 1.29 is 22.7 Å². The lowest BCUT2D eigenvalue weighted by Crippen LogP contribution is -2.52. The molecule has 0 aliphatic heterocycles. The first-order chi connectivity index (χ1) is 16.6. The van der Waals surface area contributed by atoms with E-state index in [2.05, 4.69) is 21.2 Å². The number of carbonyl (C=O) groups excluding carboxylic acids is 2. The standard InChI is InChI=1S/C25H34BrN3O5S/c1-5-7-15-27-25(31)22(6-2)28(17-19-11-10-12-20(16-19)34-3)24(30)18-29(35(4,32)33)23-14-9-8-13-21(23)26/h8-14,16,22H,5-7,15,17-18H2,1-4H3,(H,27,31)/t22-/m1/s1. The van der Waals surface area contributed by atoms with Gasteiger partial charge in [-0.25, -0.2) is 8.42 Å². The van der Waals surface area contributed by atoms with Gasteiger partial charge >= 0.3 is 0 Å². The van der Waals surface area contributed by atoms with E-state index in [0.717, 1.165) is 29.0 Å². The summed E-state index contributed by atoms with van der Waals surface area (Å²) in [4.78, 5) is 28.2. The minimum Gasteiger partial charge on any atom is -0.497 e. The van der Waals surface area contributed by atoms with Crippen molar-refractivity contribution in [3.63, 3.8) is 0 Å². The molecule has 0 unspecified atom stereocenters. The maximum Gasteiger partial charge on any atom is 0.244 e. The molecule has 0 radical (unpaired) electrons. The van der Waals surface area contributed by atoms with Crippen LogP contribution in [0, 0.1) is 0 Å². The molecule has 0 aliphatic carbocycles. The fourth-order valence-corrected chi connectivity index (χ4v) is 5.12. The molecule has 35 heavy (non-hydrogen) atoms. The van der Waals surface area contributed by atoms with Gasteiger partial charge in [-0.15, -0.1) is 0 Å². The van der Waals surface area contributed by atoms with E-state index >= 15 is 0 Å². The Bertz CT molecular complexity index is 1110. The highest BCUT2D eigenvalue weighted by Crippen LogP contribution is 2.28. The van der Waals surface area contributed by atoms with Gasteiger partial charge in [-0.1, -0.05) is 44.5 Å². The van der Waals surface area contributed by atoms with Crippen LogP contribution in [-0.2, 0) is 26.2 Å². The summed E-state index contributed by atoms with van der Waals surface area (Å²) in [6.45, 7) is 4.06. The molecule has 2 aromatic carbocycles. The number of methoxy groups -OCH3 is 1. The molecule has 0 heterocycles. The first-order valence-electron chi connectivity index (χ1n) is 11.5. The molecule has 2 rings (SSSR count). The van der Waals surface area contributed by atoms with Crippen LogP contribution in [0.3, 0.4) is 0 Å². The zero-order chi connectivity index (χ0) is 26.0. The summed E-state index contributed by atoms with van der Waals surface area (Å²) in [6, 6.07) is 13.3. The summed E-state index contributed by atoms with van der Waals surface area (Å²) < 4.78 is 32.2. The van der Waals surface area contributed by atoms with Crippen molar-refractivity contribution in [2.24, 2.45) is 0 Å². The lowest BCUT2D eigenvalue weighted by atomic mass is 10.1. The lowest BCUT2D eigenvalue weighted by Gasteiger charge is -2.33. The normalized spacial score (nSPS) is 12.0. The third-order valence-electron chi connectivity index (χ3n) is 5.50. The van der Waals surface area contributed by atoms with Gasteiger partial charge in [0.15, 0.2) is 0 Å². The Morgan fingerprint density at radius 2 is 1.83 bits per heavy atom. The largest absolute Gasteiger partial charge is 0.497 e. The molecule has 8 nitrogen and oxygen atoms in total. The van der Waals surface area contributed by atoms with Crippen molar-refractivity contribution >= 4 is 43.5 Å². The van der Waals surface area contributed by atoms with E-state index in [9.17, 15) is 18.0 Å². The number of benzene rings is 2. The fraction of sp³-hybridized carbons (Fsp3) is 0.440. The van der Waals surface area contributed by atoms with E-state index in [0.29, 0.717) is 28.9 Å². The van der Waals surface area contributed by atoms with Gasteiger partial charge in [-0.05, 0) is 58.6 Å². The van der Waals surface area contributed by atoms with Gasteiger partial charge in [-0.2, -0.15) is 0 Å². The Morgan fingerprint density at radius 3 is 2.43 bits per heavy atom. The van der Waals surface area contributed by atoms with Gasteiger partial charge in [0.2, 0.25) is 21.8 Å². The number of hydrogen-bond donors (Lipinski definition) is 1. The second-order valence-corrected chi connectivity index (χ2v) is 10.9. The molecule has 10 heteroatoms. The van der Waals surface area contributed by atoms with E-state index < -0.39 is 28.5 Å². The highest BCUT2D eigenvalue weighted by atomic mass is 79.9. The van der Waals surface area contributed by atoms with Gasteiger partial charge in [0.05, 0.1) is 19.1 Å². The quantitative estimate of drug-likeness (QED) is 0.370. The van der Waals surface area contributed by atoms with Crippen LogP contribution in [0.15, 0.2) is 53.0 Å². The summed E-state index contributed by atoms with van der Waals surface area (Å²) in [5.41, 5.74) is 1.12. The molecular formula is C25H34BrN3O5S. The van der Waals surface area contributed by atoms with Crippen molar-refractivity contribution in [2.75, 3.05) is 30.8 Å². The maximum atomic E-state index is 13.7. The molecule has 1 atom stereocenters. The number of para-hydroxylation sites is 1. The third-order valence-corrected chi connectivity index (χ3v) is 7.30. The molecule has 0 saturated carbocycles. The molecule has 0 bridgehead atoms. The second-order valence-electron chi connectivity index (χ2n) is 8.16. The van der Waals surface area contributed by atoms with Crippen molar-refractivity contribution in [3.05, 3.63) is 58.6 Å². The fourth-order valence-electron chi connectivity index (χ4n) is 3.64. The number of ether oxygens (including phenoxy) is 1. The second kappa shape index (κ2) is 13.5. The SMILES string of the molecule is CCCCNC(=O)[C@@H](CC)N(Cc1cccc(OC)c1)C(=O)CN(c1ccccc1Br)S(C)(=O)=O. The average Bonchev–Trinajstić information content (AvgIpc) is 2.82. The number of amides is 2. The third kappa shape index (κ3) is 8.24. The average molecular weight is 569 g/mol. The van der Waals surface area contributed by atoms with Gasteiger partial charge < -0.3 is 15.0 Å². The van der Waals surface area contributed by atoms with Crippen molar-refractivity contribution in [2.45, 2.75) is 45.7 Å². The molecule has 0 fully saturated rings. The van der Waals surface area contributed by atoms with Crippen LogP contribution in [-0.4, -0.2) is 57.6 Å². The lowest BCUT2D eigenvalue weighted by molar-refractivity contribution is -0.140. The predicted molar refractivity (Wildman–Crippen MR) is 142 cm³/mol. The number of nitrogens with zero attached hydrogens (tertiary/aromatic N) is 2. The molecule has 192 valence electrons. The Labute approximate surface area is 216 Å². The number of carbonyl (C=O) groups is 2. The number of rotatable bonds is 13. The molecule has 2 aromatic rings. The molecule has 2 amide bonds. The molecule has 0 aliphatic rings. The number of hydrogen-bond acceptors (Lipinski definition) is 5. The zero-order valence-electron chi connectivity index (χ0n) is 20.7. The number of unbranched alkanes of at least 4 members (excludes halogenated alkanes) is 1. The molecule has 0 aromatic heterocycles. The number of halogens is 1. The first kappa shape index (κ1) is 28.6. The Balaban J connectivity index is 2.43. The van der Waals surface area contributed by atoms with Crippen LogP contribution >= 0.6 is 15.9 Å². The molecule has 1 N–H and O–H groups in total. The van der Waals surface area contributed by atoms with E-state index in [4.69, 9.17) is 4.74 Å². The topological polar surface area (TPSA) is 96.0 Å². The van der Waals surface area contributed by atoms with Gasteiger partial charge in [0, 0.05) is 17.6 Å². The summed E-state index contributed by atoms with van der Waals surface area (Å²) in [7, 11) is -2.23. The van der Waals surface area contributed by atoms with Crippen LogP contribution in [0.25, 0.3) is 0 Å². The summed E-state index contributed by atoms with van der Waals surface area (Å²) in [5.74, 6) is -0.114. The highest BCUT2D eigenvalue weighted by Gasteiger charge is 2.32. The maximum absolute atomic E-state index is 13.7. The van der Waals surface area contributed by atoms with E-state index in [1.54, 1.807) is 43.5 Å². The Hall–Kier alpha value is -2.59. The van der Waals surface area contributed by atoms with Crippen LogP contribution in [0.1, 0.15) is 38.7 Å². The zero-order valence-corrected chi connectivity index (χ0v) is 23.1. The van der Waals surface area contributed by atoms with Gasteiger partial charge in [0.25, 0.3) is 0 Å².